The summed E-state index contributed by atoms with van der Waals surface area (Å²) in [6.07, 6.45) is 1.48. The summed E-state index contributed by atoms with van der Waals surface area (Å²) in [5, 5.41) is 2.00. The number of pyridine rings is 1. The van der Waals surface area contributed by atoms with Crippen LogP contribution in [0.4, 0.5) is 0 Å². The Kier molecular flexibility index (Phi) is 4.90. The van der Waals surface area contributed by atoms with Crippen LogP contribution in [-0.2, 0) is 16.1 Å². The molecule has 1 N–H and O–H groups in total. The van der Waals surface area contributed by atoms with Crippen LogP contribution in [0.3, 0.4) is 0 Å². The lowest BCUT2D eigenvalue weighted by Gasteiger charge is -2.06. The van der Waals surface area contributed by atoms with E-state index in [2.05, 4.69) is 15.0 Å². The van der Waals surface area contributed by atoms with Crippen molar-refractivity contribution in [1.29, 1.82) is 0 Å². The molecule has 1 rings (SSSR count). The maximum absolute atomic E-state index is 11.3. The molecule has 0 saturated carbocycles. The summed E-state index contributed by atoms with van der Waals surface area (Å²) >= 11 is 5.59. The van der Waals surface area contributed by atoms with Gasteiger partial charge in [0.05, 0.1) is 24.9 Å². The van der Waals surface area contributed by atoms with Crippen LogP contribution in [0.15, 0.2) is 18.3 Å². The van der Waals surface area contributed by atoms with E-state index in [-0.39, 0.29) is 12.5 Å². The number of methoxy groups -OCH3 is 1. The molecule has 0 aliphatic carbocycles. The van der Waals surface area contributed by atoms with Crippen LogP contribution in [0.1, 0.15) is 23.0 Å². The van der Waals surface area contributed by atoms with Gasteiger partial charge >= 0.3 is 5.97 Å². The molecule has 0 aliphatic rings. The van der Waals surface area contributed by atoms with Crippen LogP contribution in [-0.4, -0.2) is 29.3 Å². The molecule has 0 bridgehead atoms. The van der Waals surface area contributed by atoms with E-state index in [1.54, 1.807) is 19.1 Å². The smallest absolute Gasteiger partial charge is 0.337 e. The van der Waals surface area contributed by atoms with E-state index in [1.165, 1.54) is 13.3 Å². The number of carbonyl (C=O) groups is 2. The Hall–Kier alpha value is -1.62. The van der Waals surface area contributed by atoms with E-state index in [1.807, 2.05) is 0 Å². The van der Waals surface area contributed by atoms with Gasteiger partial charge in [0.1, 0.15) is 5.38 Å². The predicted octanol–water partition coefficient (Wildman–Crippen LogP) is 1.11. The Morgan fingerprint density at radius 1 is 1.59 bits per heavy atom. The van der Waals surface area contributed by atoms with Gasteiger partial charge in [-0.3, -0.25) is 9.78 Å². The molecule has 0 saturated heterocycles. The number of nitrogens with one attached hydrogen (secondary N) is 1. The van der Waals surface area contributed by atoms with Crippen LogP contribution >= 0.6 is 11.6 Å². The van der Waals surface area contributed by atoms with E-state index < -0.39 is 11.3 Å². The van der Waals surface area contributed by atoms with Crippen LogP contribution < -0.4 is 5.32 Å². The quantitative estimate of drug-likeness (QED) is 0.647. The second-order valence-electron chi connectivity index (χ2n) is 3.36. The Bertz CT molecular complexity index is 421. The van der Waals surface area contributed by atoms with Crippen molar-refractivity contribution in [2.24, 2.45) is 0 Å². The van der Waals surface area contributed by atoms with Crippen molar-refractivity contribution in [3.8, 4) is 0 Å². The monoisotopic (exact) mass is 256 g/mol. The topological polar surface area (TPSA) is 68.3 Å². The van der Waals surface area contributed by atoms with Crippen molar-refractivity contribution >= 4 is 23.5 Å². The average molecular weight is 257 g/mol. The Labute approximate surface area is 104 Å². The number of amides is 1. The lowest BCUT2D eigenvalue weighted by atomic mass is 10.2. The highest BCUT2D eigenvalue weighted by Gasteiger charge is 2.10. The molecule has 17 heavy (non-hydrogen) atoms. The number of nitrogens with zero attached hydrogens (tertiary/aromatic N) is 1. The van der Waals surface area contributed by atoms with Gasteiger partial charge in [-0.05, 0) is 19.1 Å². The van der Waals surface area contributed by atoms with Gasteiger partial charge in [-0.15, -0.1) is 11.6 Å². The largest absolute Gasteiger partial charge is 0.465 e. The number of hydrogen-bond donors (Lipinski definition) is 1. The summed E-state index contributed by atoms with van der Waals surface area (Å²) in [6, 6.07) is 3.10. The number of ether oxygens (including phenoxy) is 1. The molecule has 1 amide bonds. The van der Waals surface area contributed by atoms with E-state index in [9.17, 15) is 9.59 Å². The third kappa shape index (κ3) is 4.03. The van der Waals surface area contributed by atoms with Crippen LogP contribution in [0.2, 0.25) is 0 Å². The minimum Gasteiger partial charge on any atom is -0.465 e. The van der Waals surface area contributed by atoms with Crippen molar-refractivity contribution in [3.63, 3.8) is 0 Å². The minimum absolute atomic E-state index is 0.223. The Morgan fingerprint density at radius 3 is 2.88 bits per heavy atom. The second-order valence-corrected chi connectivity index (χ2v) is 4.02. The zero-order valence-electron chi connectivity index (χ0n) is 9.57. The first-order valence-electron chi connectivity index (χ1n) is 4.99. The standard InChI is InChI=1S/C11H13ClN2O3/c1-7(12)10(15)14-6-9-5-8(3-4-13-9)11(16)17-2/h3-5,7H,6H2,1-2H3,(H,14,15). The lowest BCUT2D eigenvalue weighted by Crippen LogP contribution is -2.29. The number of hydrogen-bond acceptors (Lipinski definition) is 4. The van der Waals surface area contributed by atoms with Crippen LogP contribution in [0.5, 0.6) is 0 Å². The fraction of sp³-hybridized carbons (Fsp3) is 0.364. The summed E-state index contributed by atoms with van der Waals surface area (Å²) in [7, 11) is 1.30. The third-order valence-electron chi connectivity index (χ3n) is 2.04. The molecule has 92 valence electrons. The summed E-state index contributed by atoms with van der Waals surface area (Å²) in [4.78, 5) is 26.5. The maximum atomic E-state index is 11.3. The van der Waals surface area contributed by atoms with Crippen LogP contribution in [0, 0.1) is 0 Å². The summed E-state index contributed by atoms with van der Waals surface area (Å²) in [5.41, 5.74) is 0.962. The predicted molar refractivity (Wildman–Crippen MR) is 62.7 cm³/mol. The first-order chi connectivity index (χ1) is 8.04. The highest BCUT2D eigenvalue weighted by Crippen LogP contribution is 2.03. The first kappa shape index (κ1) is 13.4. The van der Waals surface area contributed by atoms with Crippen LogP contribution in [0.25, 0.3) is 0 Å². The molecule has 0 aliphatic heterocycles. The molecule has 0 fully saturated rings. The molecule has 1 unspecified atom stereocenters. The molecular formula is C11H13ClN2O3. The molecule has 1 atom stereocenters. The number of carbonyl (C=O) groups excluding carboxylic acids is 2. The van der Waals surface area contributed by atoms with Gasteiger partial charge in [0.15, 0.2) is 0 Å². The zero-order valence-corrected chi connectivity index (χ0v) is 10.3. The van der Waals surface area contributed by atoms with E-state index >= 15 is 0 Å². The van der Waals surface area contributed by atoms with Crippen molar-refractivity contribution in [2.45, 2.75) is 18.8 Å². The molecule has 0 spiro atoms. The minimum atomic E-state index is -0.598. The SMILES string of the molecule is COC(=O)c1ccnc(CNC(=O)C(C)Cl)c1. The molecule has 1 heterocycles. The van der Waals surface area contributed by atoms with Gasteiger partial charge in [-0.25, -0.2) is 4.79 Å². The zero-order chi connectivity index (χ0) is 12.8. The number of rotatable bonds is 4. The first-order valence-corrected chi connectivity index (χ1v) is 5.43. The number of alkyl halides is 1. The van der Waals surface area contributed by atoms with Gasteiger partial charge in [-0.1, -0.05) is 0 Å². The molecule has 1 aromatic heterocycles. The lowest BCUT2D eigenvalue weighted by molar-refractivity contribution is -0.120. The maximum Gasteiger partial charge on any atom is 0.337 e. The number of aromatic nitrogens is 1. The average Bonchev–Trinajstić information content (AvgIpc) is 2.35. The number of esters is 1. The highest BCUT2D eigenvalue weighted by molar-refractivity contribution is 6.30. The summed E-state index contributed by atoms with van der Waals surface area (Å²) < 4.78 is 4.58. The van der Waals surface area contributed by atoms with Crippen molar-refractivity contribution in [1.82, 2.24) is 10.3 Å². The van der Waals surface area contributed by atoms with Gasteiger partial charge in [-0.2, -0.15) is 0 Å². The molecule has 0 radical (unpaired) electrons. The fourth-order valence-electron chi connectivity index (χ4n) is 1.14. The molecule has 6 heteroatoms. The molecule has 1 aromatic rings. The van der Waals surface area contributed by atoms with Gasteiger partial charge in [0.25, 0.3) is 0 Å². The molecule has 5 nitrogen and oxygen atoms in total. The summed E-state index contributed by atoms with van der Waals surface area (Å²) in [6.45, 7) is 1.80. The Balaban J connectivity index is 2.66. The second kappa shape index (κ2) is 6.20. The number of halogens is 1. The van der Waals surface area contributed by atoms with Crippen molar-refractivity contribution in [3.05, 3.63) is 29.6 Å². The normalized spacial score (nSPS) is 11.7. The van der Waals surface area contributed by atoms with Crippen molar-refractivity contribution < 1.29 is 14.3 Å². The Morgan fingerprint density at radius 2 is 2.29 bits per heavy atom. The van der Waals surface area contributed by atoms with Gasteiger partial charge in [0.2, 0.25) is 5.91 Å². The fourth-order valence-corrected chi connectivity index (χ4v) is 1.22. The molecule has 0 aromatic carbocycles. The van der Waals surface area contributed by atoms with E-state index in [0.717, 1.165) is 0 Å². The third-order valence-corrected chi connectivity index (χ3v) is 2.24. The van der Waals surface area contributed by atoms with E-state index in [4.69, 9.17) is 11.6 Å². The van der Waals surface area contributed by atoms with Crippen molar-refractivity contribution in [2.75, 3.05) is 7.11 Å². The summed E-state index contributed by atoms with van der Waals surface area (Å²) in [5.74, 6) is -0.720. The molecular weight excluding hydrogens is 244 g/mol. The van der Waals surface area contributed by atoms with Gasteiger partial charge < -0.3 is 10.1 Å². The van der Waals surface area contributed by atoms with E-state index in [0.29, 0.717) is 11.3 Å². The highest BCUT2D eigenvalue weighted by atomic mass is 35.5. The van der Waals surface area contributed by atoms with Gasteiger partial charge in [0, 0.05) is 6.20 Å².